The molecule has 6 heteroatoms. The van der Waals surface area contributed by atoms with E-state index in [4.69, 9.17) is 16.3 Å². The third-order valence-electron chi connectivity index (χ3n) is 1.80. The minimum atomic E-state index is -2.87. The molecule has 0 radical (unpaired) electrons. The third kappa shape index (κ3) is 6.77. The smallest absolute Gasteiger partial charge is 0.793 e. The summed E-state index contributed by atoms with van der Waals surface area (Å²) < 4.78 is 5.01. The fourth-order valence-electron chi connectivity index (χ4n) is 1.03. The minimum Gasteiger partial charge on any atom is -0.793 e. The van der Waals surface area contributed by atoms with Gasteiger partial charge in [-0.15, -0.1) is 11.4 Å². The summed E-state index contributed by atoms with van der Waals surface area (Å²) in [6, 6.07) is 8.10. The molecular weight excluding hydrogens is 270 g/mol. The molecule has 0 fully saturated rings. The van der Waals surface area contributed by atoms with E-state index in [9.17, 15) is 4.89 Å². The van der Waals surface area contributed by atoms with Gasteiger partial charge in [-0.25, -0.2) is 0 Å². The molecule has 0 N–H and O–H groups in total. The molecule has 0 aliphatic heterocycles. The van der Waals surface area contributed by atoms with Crippen molar-refractivity contribution in [3.05, 3.63) is 35.4 Å². The van der Waals surface area contributed by atoms with Gasteiger partial charge in [0.05, 0.1) is 0 Å². The molecule has 84 valence electrons. The second kappa shape index (κ2) is 8.28. The van der Waals surface area contributed by atoms with Crippen molar-refractivity contribution in [1.29, 1.82) is 0 Å². The van der Waals surface area contributed by atoms with Crippen LogP contribution < -0.4 is 34.5 Å². The molecular formula is C10H14NaO2PS2. The molecule has 1 rings (SSSR count). The van der Waals surface area contributed by atoms with Crippen LogP contribution in [0.25, 0.3) is 0 Å². The molecule has 0 aliphatic carbocycles. The van der Waals surface area contributed by atoms with Crippen LogP contribution in [0, 0.1) is 6.92 Å². The van der Waals surface area contributed by atoms with E-state index < -0.39 is 5.69 Å². The molecule has 0 spiro atoms. The van der Waals surface area contributed by atoms with E-state index in [0.29, 0.717) is 12.4 Å². The van der Waals surface area contributed by atoms with E-state index in [2.05, 4.69) is 0 Å². The van der Waals surface area contributed by atoms with E-state index in [1.165, 1.54) is 16.9 Å². The first-order valence-electron chi connectivity index (χ1n) is 4.69. The zero-order valence-corrected chi connectivity index (χ0v) is 14.3. The van der Waals surface area contributed by atoms with E-state index in [1.807, 2.05) is 31.2 Å². The molecule has 1 aromatic rings. The van der Waals surface area contributed by atoms with Crippen LogP contribution in [0.3, 0.4) is 0 Å². The van der Waals surface area contributed by atoms with Gasteiger partial charge in [0, 0.05) is 18.1 Å². The Bertz CT molecular complexity index is 356. The Morgan fingerprint density at radius 3 is 2.44 bits per heavy atom. The van der Waals surface area contributed by atoms with Crippen LogP contribution in [0.2, 0.25) is 0 Å². The van der Waals surface area contributed by atoms with Crippen LogP contribution in [0.1, 0.15) is 18.1 Å². The Morgan fingerprint density at radius 2 is 1.94 bits per heavy atom. The molecule has 1 aromatic carbocycles. The molecule has 0 bridgehead atoms. The van der Waals surface area contributed by atoms with Crippen molar-refractivity contribution in [3.8, 4) is 0 Å². The number of rotatable bonds is 5. The Balaban J connectivity index is 0.00000225. The van der Waals surface area contributed by atoms with Crippen LogP contribution in [0.15, 0.2) is 24.3 Å². The van der Waals surface area contributed by atoms with Gasteiger partial charge in [0.25, 0.3) is 0 Å². The van der Waals surface area contributed by atoms with Crippen LogP contribution in [-0.2, 0) is 22.1 Å². The zero-order valence-electron chi connectivity index (χ0n) is 9.80. The second-order valence-electron chi connectivity index (χ2n) is 3.12. The molecule has 0 saturated heterocycles. The van der Waals surface area contributed by atoms with Crippen molar-refractivity contribution in [2.75, 3.05) is 6.61 Å². The van der Waals surface area contributed by atoms with Gasteiger partial charge in [0.1, 0.15) is 0 Å². The average Bonchev–Trinajstić information content (AvgIpc) is 2.17. The summed E-state index contributed by atoms with van der Waals surface area (Å²) in [7, 11) is 0. The monoisotopic (exact) mass is 284 g/mol. The molecule has 0 amide bonds. The molecule has 1 atom stereocenters. The zero-order chi connectivity index (χ0) is 11.3. The van der Waals surface area contributed by atoms with Gasteiger partial charge in [0.15, 0.2) is 0 Å². The molecule has 0 aromatic heterocycles. The normalized spacial score (nSPS) is 13.9. The summed E-state index contributed by atoms with van der Waals surface area (Å²) in [5.74, 6) is 0.640. The topological polar surface area (TPSA) is 32.3 Å². The maximum atomic E-state index is 11.6. The number of hydrogen-bond donors (Lipinski definition) is 0. The van der Waals surface area contributed by atoms with E-state index >= 15 is 0 Å². The first-order valence-corrected chi connectivity index (χ1v) is 8.92. The standard InChI is InChI=1S/C10H15O2PS2.Na/c1-3-12-13(11,14)15-8-10-6-4-9(2)5-7-10;/h4-7H,3,8H2,1-2H3,(H,11,14);/q;+1/p-1. The fourth-order valence-corrected chi connectivity index (χ4v) is 4.18. The second-order valence-corrected chi connectivity index (χ2v) is 9.18. The maximum absolute atomic E-state index is 11.6. The number of benzene rings is 1. The Labute approximate surface area is 128 Å². The van der Waals surface area contributed by atoms with Gasteiger partial charge in [-0.3, -0.25) is 0 Å². The Kier molecular flexibility index (Phi) is 8.87. The minimum absolute atomic E-state index is 0. The largest absolute Gasteiger partial charge is 1.00 e. The molecule has 0 saturated carbocycles. The average molecular weight is 284 g/mol. The van der Waals surface area contributed by atoms with Crippen molar-refractivity contribution in [2.45, 2.75) is 19.6 Å². The summed E-state index contributed by atoms with van der Waals surface area (Å²) in [6.45, 7) is 4.24. The predicted molar refractivity (Wildman–Crippen MR) is 68.4 cm³/mol. The van der Waals surface area contributed by atoms with Crippen molar-refractivity contribution in [3.63, 3.8) is 0 Å². The van der Waals surface area contributed by atoms with Gasteiger partial charge < -0.3 is 9.42 Å². The van der Waals surface area contributed by atoms with Crippen molar-refractivity contribution < 1.29 is 39.0 Å². The molecule has 1 unspecified atom stereocenters. The van der Waals surface area contributed by atoms with E-state index in [-0.39, 0.29) is 29.6 Å². The predicted octanol–water partition coefficient (Wildman–Crippen LogP) is -0.146. The van der Waals surface area contributed by atoms with Gasteiger partial charge in [-0.1, -0.05) is 41.6 Å². The van der Waals surface area contributed by atoms with Gasteiger partial charge >= 0.3 is 29.6 Å². The summed E-state index contributed by atoms with van der Waals surface area (Å²) in [4.78, 5) is 11.6. The first-order chi connectivity index (χ1) is 7.03. The van der Waals surface area contributed by atoms with Crippen LogP contribution in [0.5, 0.6) is 0 Å². The van der Waals surface area contributed by atoms with E-state index in [0.717, 1.165) is 5.56 Å². The van der Waals surface area contributed by atoms with Gasteiger partial charge in [-0.2, -0.15) is 0 Å². The fraction of sp³-hybridized carbons (Fsp3) is 0.400. The Hall–Kier alpha value is 1.14. The molecule has 0 aliphatic rings. The van der Waals surface area contributed by atoms with E-state index in [1.54, 1.807) is 6.92 Å². The van der Waals surface area contributed by atoms with Crippen LogP contribution >= 0.6 is 17.1 Å². The SMILES string of the molecule is CCOP([O-])(=S)SCc1ccc(C)cc1.[Na+]. The van der Waals surface area contributed by atoms with Crippen molar-refractivity contribution in [2.24, 2.45) is 0 Å². The van der Waals surface area contributed by atoms with Gasteiger partial charge in [-0.05, 0) is 19.4 Å². The van der Waals surface area contributed by atoms with Gasteiger partial charge in [0.2, 0.25) is 0 Å². The Morgan fingerprint density at radius 1 is 1.38 bits per heavy atom. The third-order valence-corrected chi connectivity index (χ3v) is 6.07. The maximum Gasteiger partial charge on any atom is 1.00 e. The molecule has 2 nitrogen and oxygen atoms in total. The van der Waals surface area contributed by atoms with Crippen LogP contribution in [-0.4, -0.2) is 6.61 Å². The van der Waals surface area contributed by atoms with Crippen molar-refractivity contribution >= 4 is 28.9 Å². The van der Waals surface area contributed by atoms with Crippen LogP contribution in [0.4, 0.5) is 0 Å². The first kappa shape index (κ1) is 17.1. The number of aryl methyl sites for hydroxylation is 1. The van der Waals surface area contributed by atoms with Crippen molar-refractivity contribution in [1.82, 2.24) is 0 Å². The quantitative estimate of drug-likeness (QED) is 0.556. The summed E-state index contributed by atoms with van der Waals surface area (Å²) >= 11 is 6.07. The summed E-state index contributed by atoms with van der Waals surface area (Å²) in [5, 5.41) is 0. The summed E-state index contributed by atoms with van der Waals surface area (Å²) in [6.07, 6.45) is 0. The number of hydrogen-bond acceptors (Lipinski definition) is 4. The molecule has 0 heterocycles. The summed E-state index contributed by atoms with van der Waals surface area (Å²) in [5.41, 5.74) is -0.531. The molecule has 16 heavy (non-hydrogen) atoms.